The molecule has 3 aromatic rings. The van der Waals surface area contributed by atoms with Crippen LogP contribution in [0.5, 0.6) is 0 Å². The lowest BCUT2D eigenvalue weighted by atomic mass is 10.2. The maximum Gasteiger partial charge on any atom is 0.408 e. The van der Waals surface area contributed by atoms with Crippen molar-refractivity contribution in [3.8, 4) is 17.3 Å². The average molecular weight is 572 g/mol. The number of nitriles is 1. The monoisotopic (exact) mass is 571 g/mol. The predicted octanol–water partition coefficient (Wildman–Crippen LogP) is 1.55. The normalized spacial score (nSPS) is 19.6. The van der Waals surface area contributed by atoms with Gasteiger partial charge in [0, 0.05) is 31.5 Å². The van der Waals surface area contributed by atoms with Crippen molar-refractivity contribution in [1.82, 2.24) is 34.4 Å². The third kappa shape index (κ3) is 5.09. The zero-order valence-electron chi connectivity index (χ0n) is 21.8. The van der Waals surface area contributed by atoms with Crippen molar-refractivity contribution >= 4 is 29.4 Å². The van der Waals surface area contributed by atoms with E-state index in [2.05, 4.69) is 30.2 Å². The topological polar surface area (TPSA) is 169 Å². The van der Waals surface area contributed by atoms with E-state index in [1.54, 1.807) is 0 Å². The fourth-order valence-corrected chi connectivity index (χ4v) is 4.77. The van der Waals surface area contributed by atoms with Crippen LogP contribution in [0.4, 0.5) is 30.8 Å². The van der Waals surface area contributed by atoms with Gasteiger partial charge in [-0.25, -0.2) is 19.9 Å². The van der Waals surface area contributed by atoms with Crippen molar-refractivity contribution in [2.45, 2.75) is 44.4 Å². The molecule has 1 fully saturated rings. The summed E-state index contributed by atoms with van der Waals surface area (Å²) in [6, 6.07) is -0.767. The predicted molar refractivity (Wildman–Crippen MR) is 136 cm³/mol. The van der Waals surface area contributed by atoms with Gasteiger partial charge in [-0.1, -0.05) is 0 Å². The second-order valence-electron chi connectivity index (χ2n) is 9.49. The first-order chi connectivity index (χ1) is 19.5. The number of carbonyl (C=O) groups excluding carboxylic acids is 2. The molecule has 214 valence electrons. The Morgan fingerprint density at radius 3 is 2.66 bits per heavy atom. The molecule has 2 amide bonds. The molecule has 5 rings (SSSR count). The fraction of sp³-hybridized carbons (Fsp3) is 0.417. The van der Waals surface area contributed by atoms with Crippen molar-refractivity contribution < 1.29 is 27.9 Å². The van der Waals surface area contributed by atoms with Crippen LogP contribution in [0.15, 0.2) is 31.1 Å². The van der Waals surface area contributed by atoms with Crippen LogP contribution < -0.4 is 15.1 Å². The molecule has 3 atom stereocenters. The molecule has 2 aliphatic heterocycles. The summed E-state index contributed by atoms with van der Waals surface area (Å²) in [6.07, 6.45) is 1.25. The van der Waals surface area contributed by atoms with Crippen molar-refractivity contribution in [3.63, 3.8) is 0 Å². The van der Waals surface area contributed by atoms with Crippen LogP contribution in [0.2, 0.25) is 0 Å². The molecule has 0 aliphatic carbocycles. The van der Waals surface area contributed by atoms with Crippen LogP contribution in [-0.2, 0) is 4.79 Å². The summed E-state index contributed by atoms with van der Waals surface area (Å²) >= 11 is 0. The highest BCUT2D eigenvalue weighted by Crippen LogP contribution is 2.35. The number of carbonyl (C=O) groups is 2. The number of rotatable bonds is 6. The number of alkyl halides is 3. The molecule has 0 bridgehead atoms. The van der Waals surface area contributed by atoms with E-state index in [9.17, 15) is 27.9 Å². The van der Waals surface area contributed by atoms with Gasteiger partial charge in [-0.3, -0.25) is 19.5 Å². The van der Waals surface area contributed by atoms with E-state index >= 15 is 0 Å². The number of aliphatic hydroxyl groups excluding tert-OH is 1. The minimum absolute atomic E-state index is 0.0208. The number of amides is 2. The minimum atomic E-state index is -4.38. The van der Waals surface area contributed by atoms with Gasteiger partial charge in [0.2, 0.25) is 18.2 Å². The standard InChI is InChI=1S/C24H24F3N11O3/c1-13(38-12-32-19-18(38)21(40)37(7-5-28)23(41)35(19)2)20(39)34-17-11-29-10-15(33-17)14-8-30-22(31-9-14)36-6-3-4-16(36)24(25,26)27/h8-13,16,23,41H,3-4,6-7H2,1-2H3,(H,33,34,39)/t13-,16-,23?/m0/s1. The molecule has 1 saturated heterocycles. The number of hydrogen-bond acceptors (Lipinski definition) is 11. The van der Waals surface area contributed by atoms with Gasteiger partial charge in [-0.15, -0.1) is 0 Å². The van der Waals surface area contributed by atoms with Crippen molar-refractivity contribution in [3.05, 3.63) is 36.8 Å². The third-order valence-electron chi connectivity index (χ3n) is 6.94. The van der Waals surface area contributed by atoms with Crippen LogP contribution in [-0.4, -0.2) is 90.0 Å². The van der Waals surface area contributed by atoms with Crippen LogP contribution in [0, 0.1) is 11.3 Å². The summed E-state index contributed by atoms with van der Waals surface area (Å²) in [5.74, 6) is -1.05. The largest absolute Gasteiger partial charge is 0.408 e. The van der Waals surface area contributed by atoms with E-state index in [4.69, 9.17) is 5.26 Å². The Morgan fingerprint density at radius 1 is 1.24 bits per heavy atom. The van der Waals surface area contributed by atoms with Crippen LogP contribution in [0.3, 0.4) is 0 Å². The molecule has 41 heavy (non-hydrogen) atoms. The smallest absolute Gasteiger partial charge is 0.356 e. The number of hydrogen-bond donors (Lipinski definition) is 2. The molecule has 0 aromatic carbocycles. The zero-order chi connectivity index (χ0) is 29.5. The number of aromatic nitrogens is 6. The summed E-state index contributed by atoms with van der Waals surface area (Å²) in [5.41, 5.74) is 0.675. The number of imidazole rings is 1. The lowest BCUT2D eigenvalue weighted by Crippen LogP contribution is -2.54. The van der Waals surface area contributed by atoms with E-state index in [1.807, 2.05) is 6.07 Å². The number of halogens is 3. The van der Waals surface area contributed by atoms with Gasteiger partial charge in [-0.05, 0) is 19.8 Å². The molecule has 3 aromatic heterocycles. The number of anilines is 3. The Morgan fingerprint density at radius 2 is 1.98 bits per heavy atom. The summed E-state index contributed by atoms with van der Waals surface area (Å²) in [4.78, 5) is 50.3. The first-order valence-electron chi connectivity index (χ1n) is 12.5. The van der Waals surface area contributed by atoms with E-state index in [-0.39, 0.29) is 48.5 Å². The highest BCUT2D eigenvalue weighted by molar-refractivity contribution is 6.01. The molecular formula is C24H24F3N11O3. The quantitative estimate of drug-likeness (QED) is 0.412. The zero-order valence-corrected chi connectivity index (χ0v) is 21.8. The number of nitrogens with zero attached hydrogens (tertiary/aromatic N) is 10. The molecule has 5 heterocycles. The average Bonchev–Trinajstić information content (AvgIpc) is 3.62. The molecule has 1 unspecified atom stereocenters. The van der Waals surface area contributed by atoms with Crippen LogP contribution in [0.25, 0.3) is 11.3 Å². The lowest BCUT2D eigenvalue weighted by molar-refractivity contribution is -0.146. The Kier molecular flexibility index (Phi) is 7.17. The number of nitrogens with one attached hydrogen (secondary N) is 1. The Bertz CT molecular complexity index is 1500. The van der Waals surface area contributed by atoms with Gasteiger partial charge in [0.1, 0.15) is 18.6 Å². The minimum Gasteiger partial charge on any atom is -0.356 e. The molecule has 0 spiro atoms. The molecular weight excluding hydrogens is 547 g/mol. The van der Waals surface area contributed by atoms with Gasteiger partial charge in [0.15, 0.2) is 17.3 Å². The maximum absolute atomic E-state index is 13.3. The van der Waals surface area contributed by atoms with E-state index < -0.39 is 36.4 Å². The highest BCUT2D eigenvalue weighted by atomic mass is 19.4. The molecule has 2 aliphatic rings. The van der Waals surface area contributed by atoms with Crippen molar-refractivity contribution in [2.75, 3.05) is 35.3 Å². The van der Waals surface area contributed by atoms with E-state index in [0.717, 1.165) is 9.80 Å². The van der Waals surface area contributed by atoms with Gasteiger partial charge in [0.05, 0.1) is 30.5 Å². The molecule has 0 radical (unpaired) electrons. The summed E-state index contributed by atoms with van der Waals surface area (Å²) < 4.78 is 41.3. The summed E-state index contributed by atoms with van der Waals surface area (Å²) in [7, 11) is 1.50. The second kappa shape index (κ2) is 10.6. The summed E-state index contributed by atoms with van der Waals surface area (Å²) in [5, 5.41) is 22.0. The van der Waals surface area contributed by atoms with Crippen molar-refractivity contribution in [2.24, 2.45) is 0 Å². The van der Waals surface area contributed by atoms with Gasteiger partial charge in [0.25, 0.3) is 5.91 Å². The highest BCUT2D eigenvalue weighted by Gasteiger charge is 2.47. The van der Waals surface area contributed by atoms with Crippen LogP contribution >= 0.6 is 0 Å². The molecule has 0 saturated carbocycles. The number of fused-ring (bicyclic) bond motifs is 1. The van der Waals surface area contributed by atoms with Gasteiger partial charge in [-0.2, -0.15) is 18.4 Å². The van der Waals surface area contributed by atoms with E-state index in [0.29, 0.717) is 12.0 Å². The summed E-state index contributed by atoms with van der Waals surface area (Å²) in [6.45, 7) is 1.35. The SMILES string of the molecule is C[C@@H](C(=O)Nc1cncc(-c2cnc(N3CCC[C@H]3C(F)(F)F)nc2)n1)n1cnc2c1C(=O)N(CC#N)C(O)N2C. The Labute approximate surface area is 231 Å². The van der Waals surface area contributed by atoms with Crippen LogP contribution in [0.1, 0.15) is 36.3 Å². The molecule has 2 N–H and O–H groups in total. The van der Waals surface area contributed by atoms with Crippen molar-refractivity contribution in [1.29, 1.82) is 5.26 Å². The number of aliphatic hydroxyl groups is 1. The molecule has 17 heteroatoms. The lowest BCUT2D eigenvalue weighted by Gasteiger charge is -2.37. The third-order valence-corrected chi connectivity index (χ3v) is 6.94. The second-order valence-corrected chi connectivity index (χ2v) is 9.49. The fourth-order valence-electron chi connectivity index (χ4n) is 4.77. The van der Waals surface area contributed by atoms with Gasteiger partial charge < -0.3 is 24.8 Å². The first kappa shape index (κ1) is 27.7. The van der Waals surface area contributed by atoms with Gasteiger partial charge >= 0.3 is 6.18 Å². The maximum atomic E-state index is 13.3. The Balaban J connectivity index is 1.32. The first-order valence-corrected chi connectivity index (χ1v) is 12.5. The molecule has 14 nitrogen and oxygen atoms in total. The van der Waals surface area contributed by atoms with E-state index in [1.165, 1.54) is 54.6 Å². The Hall–Kier alpha value is -4.85.